The van der Waals surface area contributed by atoms with Gasteiger partial charge in [-0.05, 0) is 30.4 Å². The molecule has 74 valence electrons. The highest BCUT2D eigenvalue weighted by Crippen LogP contribution is 2.17. The Morgan fingerprint density at radius 3 is 3.14 bits per heavy atom. The minimum absolute atomic E-state index is 0.663. The van der Waals surface area contributed by atoms with E-state index in [9.17, 15) is 0 Å². The third-order valence-corrected chi connectivity index (χ3v) is 3.56. The molecule has 0 saturated carbocycles. The van der Waals surface area contributed by atoms with Gasteiger partial charge in [-0.1, -0.05) is 26.0 Å². The predicted octanol–water partition coefficient (Wildman–Crippen LogP) is 2.08. The number of hydrogen-bond donors (Lipinski definition) is 0. The Morgan fingerprint density at radius 1 is 1.50 bits per heavy atom. The van der Waals surface area contributed by atoms with Gasteiger partial charge >= 0.3 is 0 Å². The van der Waals surface area contributed by atoms with Crippen LogP contribution in [0, 0.1) is 5.92 Å². The van der Waals surface area contributed by atoms with Gasteiger partial charge in [0.05, 0.1) is 15.4 Å². The Kier molecular flexibility index (Phi) is 2.82. The molecule has 1 aliphatic rings. The van der Waals surface area contributed by atoms with Crippen LogP contribution in [0.1, 0.15) is 26.7 Å². The monoisotopic (exact) mass is 205 g/mol. The van der Waals surface area contributed by atoms with Crippen LogP contribution in [0.25, 0.3) is 12.2 Å². The van der Waals surface area contributed by atoms with E-state index in [4.69, 9.17) is 0 Å². The first-order valence-electron chi connectivity index (χ1n) is 5.12. The van der Waals surface area contributed by atoms with Gasteiger partial charge in [0, 0.05) is 0 Å². The predicted molar refractivity (Wildman–Crippen MR) is 62.4 cm³/mol. The van der Waals surface area contributed by atoms with Gasteiger partial charge < -0.3 is 0 Å². The topological polar surface area (TPSA) is 12.9 Å². The van der Waals surface area contributed by atoms with Gasteiger partial charge in [0.2, 0.25) is 0 Å². The van der Waals surface area contributed by atoms with Crippen molar-refractivity contribution in [3.05, 3.63) is 27.0 Å². The average molecular weight is 205 g/mol. The van der Waals surface area contributed by atoms with Crippen molar-refractivity contribution in [3.63, 3.8) is 0 Å². The van der Waals surface area contributed by atoms with Gasteiger partial charge in [-0.25, -0.2) is 4.98 Å². The fourth-order valence-electron chi connectivity index (χ4n) is 1.62. The smallest absolute Gasteiger partial charge is 0.0805 e. The van der Waals surface area contributed by atoms with Gasteiger partial charge in [0.25, 0.3) is 0 Å². The van der Waals surface area contributed by atoms with Crippen molar-refractivity contribution >= 4 is 23.5 Å². The van der Waals surface area contributed by atoms with Crippen molar-refractivity contribution in [2.45, 2.75) is 26.7 Å². The van der Waals surface area contributed by atoms with Crippen LogP contribution < -0.4 is 9.88 Å². The van der Waals surface area contributed by atoms with Gasteiger partial charge in [0.15, 0.2) is 0 Å². The molecule has 0 radical (unpaired) electrons. The van der Waals surface area contributed by atoms with Crippen LogP contribution in [0.4, 0.5) is 0 Å². The molecule has 1 nitrogen and oxygen atoms in total. The molecule has 0 spiro atoms. The minimum Gasteiger partial charge on any atom is -0.245 e. The molecule has 0 bridgehead atoms. The summed E-state index contributed by atoms with van der Waals surface area (Å²) in [6.45, 7) is 4.52. The SMILES string of the molecule is CCC(C)C1=CCC=c2ncsc2=C1. The lowest BCUT2D eigenvalue weighted by molar-refractivity contribution is 0.675. The molecule has 1 atom stereocenters. The Hall–Kier alpha value is -0.890. The number of nitrogens with zero attached hydrogens (tertiary/aromatic N) is 1. The van der Waals surface area contributed by atoms with Crippen LogP contribution in [0.3, 0.4) is 0 Å². The quantitative estimate of drug-likeness (QED) is 0.720. The lowest BCUT2D eigenvalue weighted by Crippen LogP contribution is -2.20. The van der Waals surface area contributed by atoms with Crippen LogP contribution in [-0.2, 0) is 0 Å². The Balaban J connectivity index is 2.45. The van der Waals surface area contributed by atoms with Gasteiger partial charge in [-0.15, -0.1) is 11.3 Å². The van der Waals surface area contributed by atoms with Gasteiger partial charge in [-0.2, -0.15) is 0 Å². The summed E-state index contributed by atoms with van der Waals surface area (Å²) in [5.41, 5.74) is 3.39. The Bertz CT molecular complexity index is 453. The summed E-state index contributed by atoms with van der Waals surface area (Å²) in [5, 5.41) is 1.16. The number of allylic oxidation sites excluding steroid dienone is 2. The second-order valence-corrected chi connectivity index (χ2v) is 4.59. The molecule has 1 unspecified atom stereocenters. The number of hydrogen-bond acceptors (Lipinski definition) is 2. The Labute approximate surface area is 88.5 Å². The van der Waals surface area contributed by atoms with Gasteiger partial charge in [-0.3, -0.25) is 0 Å². The third kappa shape index (κ3) is 1.80. The summed E-state index contributed by atoms with van der Waals surface area (Å²) in [5.74, 6) is 0.663. The van der Waals surface area contributed by atoms with Gasteiger partial charge in [0.1, 0.15) is 0 Å². The molecular formula is C12H15NS. The molecule has 0 N–H and O–H groups in total. The normalized spacial score (nSPS) is 17.1. The summed E-state index contributed by atoms with van der Waals surface area (Å²) < 4.78 is 1.31. The van der Waals surface area contributed by atoms with E-state index < -0.39 is 0 Å². The van der Waals surface area contributed by atoms with Crippen molar-refractivity contribution < 1.29 is 0 Å². The van der Waals surface area contributed by atoms with Crippen LogP contribution in [-0.4, -0.2) is 4.98 Å². The lowest BCUT2D eigenvalue weighted by Gasteiger charge is -2.08. The summed E-state index contributed by atoms with van der Waals surface area (Å²) in [6, 6.07) is 0. The lowest BCUT2D eigenvalue weighted by atomic mass is 9.98. The molecule has 0 fully saturated rings. The van der Waals surface area contributed by atoms with E-state index in [1.807, 2.05) is 5.51 Å². The van der Waals surface area contributed by atoms with Crippen molar-refractivity contribution in [2.75, 3.05) is 0 Å². The van der Waals surface area contributed by atoms with E-state index in [0.717, 1.165) is 11.8 Å². The molecule has 0 aliphatic heterocycles. The highest BCUT2D eigenvalue weighted by molar-refractivity contribution is 7.07. The fourth-order valence-corrected chi connectivity index (χ4v) is 2.36. The fraction of sp³-hybridized carbons (Fsp3) is 0.417. The average Bonchev–Trinajstić information content (AvgIpc) is 2.54. The second kappa shape index (κ2) is 4.09. The molecule has 1 aromatic rings. The zero-order chi connectivity index (χ0) is 9.97. The summed E-state index contributed by atoms with van der Waals surface area (Å²) in [6.07, 6.45) is 9.05. The molecule has 1 aliphatic carbocycles. The molecule has 14 heavy (non-hydrogen) atoms. The third-order valence-electron chi connectivity index (χ3n) is 2.77. The zero-order valence-electron chi connectivity index (χ0n) is 8.66. The highest BCUT2D eigenvalue weighted by atomic mass is 32.1. The first-order chi connectivity index (χ1) is 6.81. The van der Waals surface area contributed by atoms with E-state index >= 15 is 0 Å². The Morgan fingerprint density at radius 2 is 2.36 bits per heavy atom. The van der Waals surface area contributed by atoms with E-state index in [1.54, 1.807) is 11.3 Å². The molecule has 1 aromatic heterocycles. The van der Waals surface area contributed by atoms with Crippen LogP contribution >= 0.6 is 11.3 Å². The van der Waals surface area contributed by atoms with Crippen molar-refractivity contribution in [3.8, 4) is 0 Å². The van der Waals surface area contributed by atoms with E-state index in [0.29, 0.717) is 5.92 Å². The van der Waals surface area contributed by atoms with E-state index in [1.165, 1.54) is 16.5 Å². The standard InChI is InChI=1S/C12H15NS/c1-3-9(2)10-5-4-6-11-12(7-10)14-8-13-11/h5-9H,3-4H2,1-2H3. The van der Waals surface area contributed by atoms with E-state index in [-0.39, 0.29) is 0 Å². The highest BCUT2D eigenvalue weighted by Gasteiger charge is 2.05. The van der Waals surface area contributed by atoms with Crippen LogP contribution in [0.15, 0.2) is 17.2 Å². The maximum absolute atomic E-state index is 4.33. The minimum atomic E-state index is 0.663. The largest absolute Gasteiger partial charge is 0.245 e. The summed E-state index contributed by atoms with van der Waals surface area (Å²) in [4.78, 5) is 4.33. The molecule has 0 saturated heterocycles. The molecule has 2 rings (SSSR count). The van der Waals surface area contributed by atoms with Crippen molar-refractivity contribution in [1.82, 2.24) is 4.98 Å². The van der Waals surface area contributed by atoms with Crippen LogP contribution in [0.2, 0.25) is 0 Å². The molecule has 1 heterocycles. The van der Waals surface area contributed by atoms with Crippen molar-refractivity contribution in [1.29, 1.82) is 0 Å². The van der Waals surface area contributed by atoms with Crippen molar-refractivity contribution in [2.24, 2.45) is 5.92 Å². The molecule has 0 amide bonds. The summed E-state index contributed by atoms with van der Waals surface area (Å²) in [7, 11) is 0. The zero-order valence-corrected chi connectivity index (χ0v) is 9.47. The number of fused-ring (bicyclic) bond motifs is 1. The first-order valence-corrected chi connectivity index (χ1v) is 6.00. The molecular weight excluding hydrogens is 190 g/mol. The molecule has 0 aromatic carbocycles. The maximum Gasteiger partial charge on any atom is 0.0805 e. The first kappa shape index (κ1) is 9.66. The number of thiazole rings is 1. The number of rotatable bonds is 2. The maximum atomic E-state index is 4.33. The van der Waals surface area contributed by atoms with E-state index in [2.05, 4.69) is 37.1 Å². The molecule has 2 heteroatoms. The second-order valence-electron chi connectivity index (χ2n) is 3.70. The number of aromatic nitrogens is 1. The summed E-state index contributed by atoms with van der Waals surface area (Å²) >= 11 is 1.73. The van der Waals surface area contributed by atoms with Crippen LogP contribution in [0.5, 0.6) is 0 Å².